The highest BCUT2D eigenvalue weighted by Gasteiger charge is 2.40. The summed E-state index contributed by atoms with van der Waals surface area (Å²) in [7, 11) is 0. The fourth-order valence-corrected chi connectivity index (χ4v) is 5.68. The summed E-state index contributed by atoms with van der Waals surface area (Å²) in [5.41, 5.74) is 2.38. The number of hydrogen-bond acceptors (Lipinski definition) is 3. The summed E-state index contributed by atoms with van der Waals surface area (Å²) in [6, 6.07) is 16.5. The van der Waals surface area contributed by atoms with Crippen molar-refractivity contribution in [2.45, 2.75) is 52.1 Å². The van der Waals surface area contributed by atoms with Crippen LogP contribution in [0.3, 0.4) is 0 Å². The van der Waals surface area contributed by atoms with Gasteiger partial charge in [0.25, 0.3) is 0 Å². The Hall–Kier alpha value is -1.01. The van der Waals surface area contributed by atoms with E-state index in [1.165, 1.54) is 11.1 Å². The molecule has 1 N–H and O–H groups in total. The van der Waals surface area contributed by atoms with E-state index in [0.29, 0.717) is 18.2 Å². The molecule has 2 aromatic rings. The van der Waals surface area contributed by atoms with Crippen LogP contribution >= 0.6 is 48.0 Å². The molecule has 0 aromatic heterocycles. The molecule has 2 aliphatic heterocycles. The van der Waals surface area contributed by atoms with Crippen LogP contribution in [0, 0.1) is 11.3 Å². The van der Waals surface area contributed by atoms with Gasteiger partial charge in [0.2, 0.25) is 5.91 Å². The van der Waals surface area contributed by atoms with Crippen LogP contribution in [0.15, 0.2) is 48.5 Å². The minimum atomic E-state index is -0.0208. The monoisotopic (exact) mass is 573 g/mol. The predicted octanol–water partition coefficient (Wildman–Crippen LogP) is 6.88. The van der Waals surface area contributed by atoms with Crippen LogP contribution in [0.2, 0.25) is 10.0 Å². The molecule has 0 radical (unpaired) electrons. The fourth-order valence-electron chi connectivity index (χ4n) is 5.43. The van der Waals surface area contributed by atoms with E-state index in [0.717, 1.165) is 55.6 Å². The van der Waals surface area contributed by atoms with Crippen molar-refractivity contribution < 1.29 is 4.79 Å². The van der Waals surface area contributed by atoms with E-state index >= 15 is 0 Å². The average molecular weight is 575 g/mol. The van der Waals surface area contributed by atoms with Gasteiger partial charge in [0, 0.05) is 42.1 Å². The molecule has 1 amide bonds. The van der Waals surface area contributed by atoms with E-state index in [1.807, 2.05) is 24.3 Å². The number of piperidine rings is 1. The highest BCUT2D eigenvalue weighted by molar-refractivity contribution is 6.30. The van der Waals surface area contributed by atoms with Crippen molar-refractivity contribution in [3.05, 3.63) is 69.7 Å². The first-order chi connectivity index (χ1) is 16.2. The Morgan fingerprint density at radius 3 is 1.89 bits per heavy atom. The maximum Gasteiger partial charge on any atom is 0.223 e. The van der Waals surface area contributed by atoms with Gasteiger partial charge in [-0.3, -0.25) is 9.69 Å². The van der Waals surface area contributed by atoms with E-state index in [4.69, 9.17) is 23.2 Å². The number of halogens is 4. The van der Waals surface area contributed by atoms with Crippen molar-refractivity contribution in [3.63, 3.8) is 0 Å². The highest BCUT2D eigenvalue weighted by Crippen LogP contribution is 2.36. The van der Waals surface area contributed by atoms with E-state index in [2.05, 4.69) is 60.2 Å². The Kier molecular flexibility index (Phi) is 11.9. The van der Waals surface area contributed by atoms with Gasteiger partial charge in [0.15, 0.2) is 0 Å². The molecule has 2 saturated heterocycles. The molecule has 2 heterocycles. The molecular weight excluding hydrogens is 536 g/mol. The normalized spacial score (nSPS) is 19.5. The molecule has 2 aliphatic rings. The van der Waals surface area contributed by atoms with Crippen molar-refractivity contribution in [2.24, 2.45) is 11.3 Å². The molecule has 0 saturated carbocycles. The summed E-state index contributed by atoms with van der Waals surface area (Å²) >= 11 is 12.4. The second kappa shape index (κ2) is 13.7. The van der Waals surface area contributed by atoms with Gasteiger partial charge in [-0.2, -0.15) is 0 Å². The number of benzene rings is 2. The van der Waals surface area contributed by atoms with Gasteiger partial charge in [-0.1, -0.05) is 68.2 Å². The number of carbonyl (C=O) groups excluding carboxylic acids is 1. The molecule has 0 aliphatic carbocycles. The maximum atomic E-state index is 13.5. The largest absolute Gasteiger partial charge is 0.337 e. The Balaban J connectivity index is 0.00000228. The first-order valence-corrected chi connectivity index (χ1v) is 13.2. The lowest BCUT2D eigenvalue weighted by Gasteiger charge is -2.49. The van der Waals surface area contributed by atoms with Gasteiger partial charge in [-0.15, -0.1) is 24.8 Å². The summed E-state index contributed by atoms with van der Waals surface area (Å²) in [6.07, 6.45) is 2.87. The number of nitrogens with one attached hydrogen (secondary N) is 1. The zero-order chi connectivity index (χ0) is 24.3. The minimum absolute atomic E-state index is 0. The van der Waals surface area contributed by atoms with Gasteiger partial charge < -0.3 is 10.2 Å². The number of piperazine rings is 1. The molecule has 200 valence electrons. The zero-order valence-electron chi connectivity index (χ0n) is 21.4. The minimum Gasteiger partial charge on any atom is -0.337 e. The van der Waals surface area contributed by atoms with Crippen LogP contribution in [0.25, 0.3) is 0 Å². The molecule has 1 atom stereocenters. The third-order valence-electron chi connectivity index (χ3n) is 7.39. The summed E-state index contributed by atoms with van der Waals surface area (Å²) in [6.45, 7) is 11.2. The third kappa shape index (κ3) is 7.75. The Morgan fingerprint density at radius 1 is 0.917 bits per heavy atom. The van der Waals surface area contributed by atoms with Crippen molar-refractivity contribution in [2.75, 3.05) is 32.7 Å². The molecule has 0 unspecified atom stereocenters. The third-order valence-corrected chi connectivity index (χ3v) is 7.89. The van der Waals surface area contributed by atoms with Crippen molar-refractivity contribution in [1.82, 2.24) is 15.1 Å². The lowest BCUT2D eigenvalue weighted by Crippen LogP contribution is -2.60. The first kappa shape index (κ1) is 31.2. The lowest BCUT2D eigenvalue weighted by atomic mass is 9.82. The first-order valence-electron chi connectivity index (χ1n) is 12.5. The molecular formula is C28H39Cl4N3O. The van der Waals surface area contributed by atoms with Gasteiger partial charge >= 0.3 is 0 Å². The van der Waals surface area contributed by atoms with Gasteiger partial charge in [-0.25, -0.2) is 0 Å². The molecule has 36 heavy (non-hydrogen) atoms. The van der Waals surface area contributed by atoms with Gasteiger partial charge in [-0.05, 0) is 72.7 Å². The summed E-state index contributed by atoms with van der Waals surface area (Å²) in [5.74, 6) is 0.823. The molecule has 2 aromatic carbocycles. The molecule has 0 bridgehead atoms. The summed E-state index contributed by atoms with van der Waals surface area (Å²) in [4.78, 5) is 18.2. The lowest BCUT2D eigenvalue weighted by molar-refractivity contribution is -0.141. The highest BCUT2D eigenvalue weighted by atomic mass is 35.5. The van der Waals surface area contributed by atoms with Gasteiger partial charge in [0.05, 0.1) is 6.04 Å². The van der Waals surface area contributed by atoms with Crippen LogP contribution < -0.4 is 5.32 Å². The predicted molar refractivity (Wildman–Crippen MR) is 156 cm³/mol. The smallest absolute Gasteiger partial charge is 0.223 e. The maximum absolute atomic E-state index is 13.5. The van der Waals surface area contributed by atoms with E-state index < -0.39 is 0 Å². The SMILES string of the molecule is CC(C)(C)[C@H]1CN(C(c2ccc(Cl)cc2)c2ccc(Cl)cc2)CCN1C(=O)CC1CCNCC1.Cl.Cl. The average Bonchev–Trinajstić information content (AvgIpc) is 2.82. The standard InChI is InChI=1S/C28H37Cl2N3O.2ClH/c1-28(2,3)25-19-32(16-17-33(25)26(34)18-20-12-14-31-15-13-20)27(21-4-8-23(29)9-5-21)22-6-10-24(30)11-7-22;;/h4-11,20,25,27,31H,12-19H2,1-3H3;2*1H/t25-;;/m1../s1. The van der Waals surface area contributed by atoms with Crippen LogP contribution in [0.5, 0.6) is 0 Å². The van der Waals surface area contributed by atoms with E-state index in [9.17, 15) is 4.79 Å². The van der Waals surface area contributed by atoms with Crippen molar-refractivity contribution >= 4 is 53.9 Å². The summed E-state index contributed by atoms with van der Waals surface area (Å²) < 4.78 is 0. The second-order valence-corrected chi connectivity index (χ2v) is 11.7. The number of hydrogen-bond donors (Lipinski definition) is 1. The number of rotatable bonds is 5. The number of nitrogens with zero attached hydrogens (tertiary/aromatic N) is 2. The van der Waals surface area contributed by atoms with Crippen LogP contribution in [0.4, 0.5) is 0 Å². The molecule has 2 fully saturated rings. The molecule has 4 rings (SSSR count). The fraction of sp³-hybridized carbons (Fsp3) is 0.536. The van der Waals surface area contributed by atoms with E-state index in [1.54, 1.807) is 0 Å². The van der Waals surface area contributed by atoms with Gasteiger partial charge in [0.1, 0.15) is 0 Å². The second-order valence-electron chi connectivity index (χ2n) is 10.9. The molecule has 8 heteroatoms. The molecule has 0 spiro atoms. The Bertz CT molecular complexity index is 911. The van der Waals surface area contributed by atoms with Crippen molar-refractivity contribution in [3.8, 4) is 0 Å². The van der Waals surface area contributed by atoms with Crippen LogP contribution in [-0.4, -0.2) is 54.5 Å². The number of carbonyl (C=O) groups is 1. The molecule has 4 nitrogen and oxygen atoms in total. The van der Waals surface area contributed by atoms with E-state index in [-0.39, 0.29) is 42.3 Å². The Labute approximate surface area is 238 Å². The zero-order valence-corrected chi connectivity index (χ0v) is 24.5. The summed E-state index contributed by atoms with van der Waals surface area (Å²) in [5, 5.41) is 4.88. The quantitative estimate of drug-likeness (QED) is 0.423. The number of amides is 1. The topological polar surface area (TPSA) is 35.6 Å². The van der Waals surface area contributed by atoms with Crippen LogP contribution in [-0.2, 0) is 4.79 Å². The van der Waals surface area contributed by atoms with Crippen LogP contribution in [0.1, 0.15) is 57.2 Å². The van der Waals surface area contributed by atoms with Crippen molar-refractivity contribution in [1.29, 1.82) is 0 Å². The Morgan fingerprint density at radius 2 is 1.42 bits per heavy atom.